The van der Waals surface area contributed by atoms with E-state index in [1.54, 1.807) is 12.1 Å². The van der Waals surface area contributed by atoms with Crippen LogP contribution in [0.25, 0.3) is 0 Å². The average molecular weight is 441 g/mol. The number of allylic oxidation sites excluding steroid dienone is 1. The van der Waals surface area contributed by atoms with Crippen molar-refractivity contribution in [2.45, 2.75) is 60.1 Å². The van der Waals surface area contributed by atoms with Gasteiger partial charge in [0.1, 0.15) is 22.9 Å². The predicted molar refractivity (Wildman–Crippen MR) is 129 cm³/mol. The van der Waals surface area contributed by atoms with Crippen LogP contribution in [0.5, 0.6) is 5.75 Å². The molecule has 1 unspecified atom stereocenters. The van der Waals surface area contributed by atoms with Crippen molar-refractivity contribution < 1.29 is 9.47 Å². The van der Waals surface area contributed by atoms with E-state index >= 15 is 0 Å². The van der Waals surface area contributed by atoms with E-state index in [2.05, 4.69) is 28.8 Å². The molecule has 1 aromatic rings. The molecule has 6 nitrogen and oxygen atoms in total. The molecule has 2 N–H and O–H groups in total. The van der Waals surface area contributed by atoms with Gasteiger partial charge in [-0.15, -0.1) is 6.58 Å². The summed E-state index contributed by atoms with van der Waals surface area (Å²) in [7, 11) is 2.09. The number of pyridine rings is 1. The summed E-state index contributed by atoms with van der Waals surface area (Å²) in [5.74, 6) is 1.69. The normalized spacial score (nSPS) is 18.0. The Kier molecular flexibility index (Phi) is 16.2. The molecular formula is C23H41ClN4O2. The van der Waals surface area contributed by atoms with Crippen LogP contribution in [-0.4, -0.2) is 55.7 Å². The molecule has 172 valence electrons. The second-order valence-corrected chi connectivity index (χ2v) is 7.04. The Bertz CT molecular complexity index is 601. The minimum Gasteiger partial charge on any atom is -0.492 e. The molecule has 0 saturated carbocycles. The van der Waals surface area contributed by atoms with Crippen molar-refractivity contribution in [2.75, 3.05) is 38.7 Å². The summed E-state index contributed by atoms with van der Waals surface area (Å²) in [5, 5.41) is 11.3. The van der Waals surface area contributed by atoms with Crippen LogP contribution >= 0.6 is 11.6 Å². The van der Waals surface area contributed by atoms with Crippen molar-refractivity contribution in [3.63, 3.8) is 0 Å². The number of anilines is 1. The maximum Gasteiger partial charge on any atom is 0.142 e. The summed E-state index contributed by atoms with van der Waals surface area (Å²) < 4.78 is 11.6. The van der Waals surface area contributed by atoms with Gasteiger partial charge in [0.15, 0.2) is 0 Å². The molecule has 0 aliphatic carbocycles. The van der Waals surface area contributed by atoms with Gasteiger partial charge in [0.2, 0.25) is 0 Å². The minimum absolute atomic E-state index is 0.0819. The van der Waals surface area contributed by atoms with Crippen molar-refractivity contribution in [3.8, 4) is 5.75 Å². The first-order chi connectivity index (χ1) is 14.6. The third-order valence-electron chi connectivity index (χ3n) is 4.23. The number of nitrogens with one attached hydrogen (secondary N) is 2. The summed E-state index contributed by atoms with van der Waals surface area (Å²) >= 11 is 6.13. The van der Waals surface area contributed by atoms with Gasteiger partial charge in [0, 0.05) is 37.9 Å². The Balaban J connectivity index is 0.00000108. The van der Waals surface area contributed by atoms with Crippen LogP contribution in [-0.2, 0) is 4.74 Å². The molecule has 0 bridgehead atoms. The zero-order valence-electron chi connectivity index (χ0n) is 19.6. The lowest BCUT2D eigenvalue weighted by Crippen LogP contribution is -2.46. The molecule has 1 aromatic heterocycles. The zero-order valence-corrected chi connectivity index (χ0v) is 20.4. The Morgan fingerprint density at radius 1 is 1.33 bits per heavy atom. The quantitative estimate of drug-likeness (QED) is 0.329. The van der Waals surface area contributed by atoms with Crippen molar-refractivity contribution in [1.82, 2.24) is 9.88 Å². The summed E-state index contributed by atoms with van der Waals surface area (Å²) in [6.45, 7) is 16.7. The second kappa shape index (κ2) is 17.1. The van der Waals surface area contributed by atoms with E-state index in [1.807, 2.05) is 34.6 Å². The van der Waals surface area contributed by atoms with Crippen LogP contribution in [0.1, 0.15) is 59.4 Å². The van der Waals surface area contributed by atoms with Gasteiger partial charge in [-0.25, -0.2) is 4.98 Å². The lowest BCUT2D eigenvalue weighted by atomic mass is 10.0. The molecule has 30 heavy (non-hydrogen) atoms. The molecule has 2 aliphatic rings. The average Bonchev–Trinajstić information content (AvgIpc) is 2.74. The maximum atomic E-state index is 7.71. The van der Waals surface area contributed by atoms with Gasteiger partial charge in [0.05, 0.1) is 12.2 Å². The molecule has 7 heteroatoms. The van der Waals surface area contributed by atoms with Crippen LogP contribution in [0.15, 0.2) is 18.7 Å². The third kappa shape index (κ3) is 9.92. The first kappa shape index (κ1) is 28.4. The fourth-order valence-corrected chi connectivity index (χ4v) is 3.20. The number of rotatable bonds is 6. The van der Waals surface area contributed by atoms with Gasteiger partial charge in [-0.1, -0.05) is 45.4 Å². The maximum absolute atomic E-state index is 7.71. The number of nitrogens with zero attached hydrogens (tertiary/aromatic N) is 2. The van der Waals surface area contributed by atoms with Crippen LogP contribution in [0.2, 0.25) is 5.15 Å². The summed E-state index contributed by atoms with van der Waals surface area (Å²) in [5.41, 5.74) is 0.622. The standard InChI is InChI=1S/C16H23ClN4O2.C3H6.2C2H6/c1-21-8-11(9-21)10-23-13-6-14(17)19-16(12(13)7-18)20-15-4-2-3-5-22-15;1-3-2;2*1-2/h6-7,11,15,18H,2-5,8-10H2,1H3,(H,19,20);3H,1H2,2H3;2*1-2H3. The highest BCUT2D eigenvalue weighted by Gasteiger charge is 2.24. The molecule has 2 saturated heterocycles. The lowest BCUT2D eigenvalue weighted by molar-refractivity contribution is 0.0340. The number of hydrogen-bond acceptors (Lipinski definition) is 6. The van der Waals surface area contributed by atoms with Crippen molar-refractivity contribution >= 4 is 23.6 Å². The van der Waals surface area contributed by atoms with Gasteiger partial charge >= 0.3 is 0 Å². The highest BCUT2D eigenvalue weighted by atomic mass is 35.5. The van der Waals surface area contributed by atoms with E-state index in [0.29, 0.717) is 34.8 Å². The van der Waals surface area contributed by atoms with Gasteiger partial charge in [-0.3, -0.25) is 0 Å². The largest absolute Gasteiger partial charge is 0.492 e. The predicted octanol–water partition coefficient (Wildman–Crippen LogP) is 5.86. The van der Waals surface area contributed by atoms with E-state index in [4.69, 9.17) is 26.5 Å². The Morgan fingerprint density at radius 2 is 1.97 bits per heavy atom. The van der Waals surface area contributed by atoms with Crippen molar-refractivity contribution in [1.29, 1.82) is 5.41 Å². The first-order valence-electron chi connectivity index (χ1n) is 11.0. The van der Waals surface area contributed by atoms with Gasteiger partial charge < -0.3 is 25.1 Å². The molecule has 1 atom stereocenters. The molecular weight excluding hydrogens is 400 g/mol. The molecule has 3 heterocycles. The van der Waals surface area contributed by atoms with Crippen LogP contribution in [0.3, 0.4) is 0 Å². The Morgan fingerprint density at radius 3 is 2.47 bits per heavy atom. The SMILES string of the molecule is C=CC.CC.CC.CN1CC(COc2cc(Cl)nc(NC3CCCCO3)c2C=N)C1. The Labute approximate surface area is 188 Å². The van der Waals surface area contributed by atoms with Crippen LogP contribution < -0.4 is 10.1 Å². The van der Waals surface area contributed by atoms with E-state index < -0.39 is 0 Å². The fraction of sp³-hybridized carbons (Fsp3) is 0.652. The molecule has 0 aromatic carbocycles. The minimum atomic E-state index is -0.0819. The fourth-order valence-electron chi connectivity index (χ4n) is 3.02. The van der Waals surface area contributed by atoms with Gasteiger partial charge in [-0.05, 0) is 33.2 Å². The summed E-state index contributed by atoms with van der Waals surface area (Å²) in [6, 6.07) is 1.68. The molecule has 2 aliphatic heterocycles. The first-order valence-corrected chi connectivity index (χ1v) is 11.4. The zero-order chi connectivity index (χ0) is 22.9. The van der Waals surface area contributed by atoms with Crippen LogP contribution in [0.4, 0.5) is 5.82 Å². The van der Waals surface area contributed by atoms with E-state index in [0.717, 1.165) is 39.0 Å². The number of halogens is 1. The van der Waals surface area contributed by atoms with E-state index in [1.165, 1.54) is 6.21 Å². The summed E-state index contributed by atoms with van der Waals surface area (Å²) in [6.07, 6.45) is 6.06. The molecule has 2 fully saturated rings. The highest BCUT2D eigenvalue weighted by molar-refractivity contribution is 6.29. The van der Waals surface area contributed by atoms with E-state index in [-0.39, 0.29) is 6.23 Å². The monoisotopic (exact) mass is 440 g/mol. The number of hydrogen-bond donors (Lipinski definition) is 2. The second-order valence-electron chi connectivity index (χ2n) is 6.66. The highest BCUT2D eigenvalue weighted by Crippen LogP contribution is 2.29. The van der Waals surface area contributed by atoms with E-state index in [9.17, 15) is 0 Å². The lowest BCUT2D eigenvalue weighted by Gasteiger charge is -2.36. The summed E-state index contributed by atoms with van der Waals surface area (Å²) in [4.78, 5) is 6.56. The topological polar surface area (TPSA) is 70.5 Å². The molecule has 3 rings (SSSR count). The van der Waals surface area contributed by atoms with Crippen molar-refractivity contribution in [2.24, 2.45) is 5.92 Å². The third-order valence-corrected chi connectivity index (χ3v) is 4.42. The molecule has 0 radical (unpaired) electrons. The molecule has 0 spiro atoms. The Hall–Kier alpha value is -1.63. The van der Waals surface area contributed by atoms with Gasteiger partial charge in [0.25, 0.3) is 0 Å². The number of ether oxygens (including phenoxy) is 2. The van der Waals surface area contributed by atoms with Gasteiger partial charge in [-0.2, -0.15) is 0 Å². The number of likely N-dealkylation sites (tertiary alicyclic amines) is 1. The number of aromatic nitrogens is 1. The van der Waals surface area contributed by atoms with Crippen molar-refractivity contribution in [3.05, 3.63) is 29.4 Å². The smallest absolute Gasteiger partial charge is 0.142 e. The molecule has 0 amide bonds. The van der Waals surface area contributed by atoms with Crippen LogP contribution in [0, 0.1) is 11.3 Å².